The zero-order valence-corrected chi connectivity index (χ0v) is 10.6. The van der Waals surface area contributed by atoms with Gasteiger partial charge in [-0.3, -0.25) is 4.79 Å². The largest absolute Gasteiger partial charge is 0.482 e. The van der Waals surface area contributed by atoms with Crippen molar-refractivity contribution in [2.24, 2.45) is 0 Å². The molecule has 0 atom stereocenters. The maximum Gasteiger partial charge on any atom is 0.319 e. The number of nitrogens with two attached hydrogens (primary N) is 1. The second kappa shape index (κ2) is 5.47. The average molecular weight is 264 g/mol. The molecule has 1 aliphatic heterocycles. The molecule has 0 saturated heterocycles. The molecule has 0 unspecified atom stereocenters. The molecule has 2 rings (SSSR count). The molecule has 0 spiro atoms. The number of amides is 3. The Labute approximate surface area is 110 Å². The van der Waals surface area contributed by atoms with Crippen LogP contribution in [0.4, 0.5) is 21.9 Å². The quantitative estimate of drug-likeness (QED) is 0.614. The van der Waals surface area contributed by atoms with E-state index in [2.05, 4.69) is 16.0 Å². The van der Waals surface area contributed by atoms with Gasteiger partial charge in [0.05, 0.1) is 17.1 Å². The smallest absolute Gasteiger partial charge is 0.319 e. The van der Waals surface area contributed by atoms with Crippen molar-refractivity contribution in [1.82, 2.24) is 5.32 Å². The van der Waals surface area contributed by atoms with E-state index < -0.39 is 0 Å². The van der Waals surface area contributed by atoms with Crippen LogP contribution < -0.4 is 26.4 Å². The number of nitrogens with one attached hydrogen (secondary N) is 3. The lowest BCUT2D eigenvalue weighted by atomic mass is 10.2. The molecule has 0 fully saturated rings. The molecule has 1 aliphatic rings. The maximum absolute atomic E-state index is 11.6. The van der Waals surface area contributed by atoms with E-state index in [4.69, 9.17) is 10.5 Å². The molecule has 1 aromatic carbocycles. The van der Waals surface area contributed by atoms with E-state index in [0.29, 0.717) is 29.4 Å². The molecule has 0 saturated carbocycles. The van der Waals surface area contributed by atoms with Crippen LogP contribution in [0.2, 0.25) is 0 Å². The normalized spacial score (nSPS) is 13.0. The molecule has 0 aliphatic carbocycles. The van der Waals surface area contributed by atoms with Crippen molar-refractivity contribution in [1.29, 1.82) is 0 Å². The molecular weight excluding hydrogens is 248 g/mol. The van der Waals surface area contributed by atoms with Crippen LogP contribution in [-0.2, 0) is 4.79 Å². The summed E-state index contributed by atoms with van der Waals surface area (Å²) in [6.07, 6.45) is 0.844. The highest BCUT2D eigenvalue weighted by atomic mass is 16.5. The van der Waals surface area contributed by atoms with Gasteiger partial charge in [0, 0.05) is 12.6 Å². The molecule has 0 aromatic heterocycles. The number of hydrogen-bond donors (Lipinski definition) is 4. The van der Waals surface area contributed by atoms with Crippen molar-refractivity contribution in [3.05, 3.63) is 12.1 Å². The number of carbonyl (C=O) groups is 2. The van der Waals surface area contributed by atoms with Crippen LogP contribution in [0.3, 0.4) is 0 Å². The number of carbonyl (C=O) groups excluding carboxylic acids is 2. The van der Waals surface area contributed by atoms with Gasteiger partial charge in [-0.05, 0) is 12.5 Å². The lowest BCUT2D eigenvalue weighted by Crippen LogP contribution is -2.30. The Bertz CT molecular complexity index is 516. The second-order valence-corrected chi connectivity index (χ2v) is 4.15. The van der Waals surface area contributed by atoms with Crippen LogP contribution in [0.15, 0.2) is 12.1 Å². The Kier molecular flexibility index (Phi) is 3.74. The molecule has 19 heavy (non-hydrogen) atoms. The monoisotopic (exact) mass is 264 g/mol. The van der Waals surface area contributed by atoms with Crippen LogP contribution in [0, 0.1) is 0 Å². The van der Waals surface area contributed by atoms with Crippen molar-refractivity contribution < 1.29 is 14.3 Å². The predicted molar refractivity (Wildman–Crippen MR) is 72.3 cm³/mol. The van der Waals surface area contributed by atoms with Crippen LogP contribution in [-0.4, -0.2) is 25.1 Å². The number of nitrogen functional groups attached to an aromatic ring is 1. The number of anilines is 3. The minimum absolute atomic E-state index is 0.0315. The number of hydrogen-bond acceptors (Lipinski definition) is 4. The van der Waals surface area contributed by atoms with Gasteiger partial charge in [-0.1, -0.05) is 6.92 Å². The number of benzene rings is 1. The van der Waals surface area contributed by atoms with Gasteiger partial charge in [-0.15, -0.1) is 0 Å². The molecular formula is C12H16N4O3. The molecule has 0 radical (unpaired) electrons. The fourth-order valence-corrected chi connectivity index (χ4v) is 1.66. The number of urea groups is 1. The predicted octanol–water partition coefficient (Wildman–Crippen LogP) is 1.13. The molecule has 5 N–H and O–H groups in total. The van der Waals surface area contributed by atoms with Crippen molar-refractivity contribution >= 4 is 29.0 Å². The van der Waals surface area contributed by atoms with Crippen LogP contribution in [0.1, 0.15) is 13.3 Å². The summed E-state index contributed by atoms with van der Waals surface area (Å²) in [7, 11) is 0. The van der Waals surface area contributed by atoms with Crippen molar-refractivity contribution in [2.45, 2.75) is 13.3 Å². The highest BCUT2D eigenvalue weighted by molar-refractivity contribution is 5.99. The van der Waals surface area contributed by atoms with E-state index in [0.717, 1.165) is 6.42 Å². The summed E-state index contributed by atoms with van der Waals surface area (Å²) >= 11 is 0. The third-order valence-corrected chi connectivity index (χ3v) is 2.57. The minimum Gasteiger partial charge on any atom is -0.482 e. The lowest BCUT2D eigenvalue weighted by Gasteiger charge is -2.20. The minimum atomic E-state index is -0.337. The van der Waals surface area contributed by atoms with Gasteiger partial charge in [0.25, 0.3) is 5.91 Å². The van der Waals surface area contributed by atoms with E-state index in [1.165, 1.54) is 0 Å². The van der Waals surface area contributed by atoms with E-state index >= 15 is 0 Å². The maximum atomic E-state index is 11.6. The first kappa shape index (κ1) is 13.0. The van der Waals surface area contributed by atoms with Gasteiger partial charge < -0.3 is 26.4 Å². The Morgan fingerprint density at radius 1 is 1.53 bits per heavy atom. The Balaban J connectivity index is 2.15. The van der Waals surface area contributed by atoms with Crippen LogP contribution >= 0.6 is 0 Å². The summed E-state index contributed by atoms with van der Waals surface area (Å²) < 4.78 is 5.22. The summed E-state index contributed by atoms with van der Waals surface area (Å²) in [5.74, 6) is 0.260. The first-order chi connectivity index (χ1) is 9.10. The number of fused-ring (bicyclic) bond motifs is 1. The molecule has 1 aromatic rings. The standard InChI is InChI=1S/C12H16N4O3/c1-2-3-14-12(18)16-8-5-9-10(4-7(8)13)19-6-11(17)15-9/h4-5H,2-3,6,13H2,1H3,(H,15,17)(H2,14,16,18). The zero-order valence-electron chi connectivity index (χ0n) is 10.6. The Morgan fingerprint density at radius 2 is 2.32 bits per heavy atom. The molecule has 7 nitrogen and oxygen atoms in total. The lowest BCUT2D eigenvalue weighted by molar-refractivity contribution is -0.118. The first-order valence-electron chi connectivity index (χ1n) is 6.01. The Hall–Kier alpha value is -2.44. The third kappa shape index (κ3) is 3.06. The van der Waals surface area contributed by atoms with Crippen molar-refractivity contribution in [2.75, 3.05) is 29.5 Å². The van der Waals surface area contributed by atoms with Gasteiger partial charge in [0.2, 0.25) is 0 Å². The van der Waals surface area contributed by atoms with E-state index in [-0.39, 0.29) is 18.5 Å². The summed E-state index contributed by atoms with van der Waals surface area (Å²) in [4.78, 5) is 22.8. The molecule has 1 heterocycles. The number of rotatable bonds is 3. The second-order valence-electron chi connectivity index (χ2n) is 4.15. The van der Waals surface area contributed by atoms with Gasteiger partial charge in [-0.2, -0.15) is 0 Å². The fraction of sp³-hybridized carbons (Fsp3) is 0.333. The van der Waals surface area contributed by atoms with Crippen molar-refractivity contribution in [3.8, 4) is 5.75 Å². The number of ether oxygens (including phenoxy) is 1. The summed E-state index contributed by atoms with van der Waals surface area (Å²) in [6, 6.07) is 2.81. The SMILES string of the molecule is CCCNC(=O)Nc1cc2c(cc1N)OCC(=O)N2. The Morgan fingerprint density at radius 3 is 3.05 bits per heavy atom. The van der Waals surface area contributed by atoms with Gasteiger partial charge >= 0.3 is 6.03 Å². The summed E-state index contributed by atoms with van der Waals surface area (Å²) in [6.45, 7) is 2.51. The average Bonchev–Trinajstić information content (AvgIpc) is 2.38. The summed E-state index contributed by atoms with van der Waals surface area (Å²) in [5.41, 5.74) is 7.12. The van der Waals surface area contributed by atoms with Crippen LogP contribution in [0.25, 0.3) is 0 Å². The highest BCUT2D eigenvalue weighted by Gasteiger charge is 2.18. The fourth-order valence-electron chi connectivity index (χ4n) is 1.66. The summed E-state index contributed by atoms with van der Waals surface area (Å²) in [5, 5.41) is 7.95. The first-order valence-corrected chi connectivity index (χ1v) is 6.01. The topological polar surface area (TPSA) is 105 Å². The molecule has 102 valence electrons. The van der Waals surface area contributed by atoms with E-state index in [9.17, 15) is 9.59 Å². The molecule has 7 heteroatoms. The van der Waals surface area contributed by atoms with Gasteiger partial charge in [0.15, 0.2) is 6.61 Å². The van der Waals surface area contributed by atoms with Crippen LogP contribution in [0.5, 0.6) is 5.75 Å². The van der Waals surface area contributed by atoms with Gasteiger partial charge in [-0.25, -0.2) is 4.79 Å². The van der Waals surface area contributed by atoms with E-state index in [1.54, 1.807) is 12.1 Å². The molecule has 3 amide bonds. The highest BCUT2D eigenvalue weighted by Crippen LogP contribution is 2.35. The van der Waals surface area contributed by atoms with Gasteiger partial charge in [0.1, 0.15) is 5.75 Å². The zero-order chi connectivity index (χ0) is 13.8. The van der Waals surface area contributed by atoms with E-state index in [1.807, 2.05) is 6.92 Å². The molecule has 0 bridgehead atoms. The van der Waals surface area contributed by atoms with Crippen molar-refractivity contribution in [3.63, 3.8) is 0 Å². The third-order valence-electron chi connectivity index (χ3n) is 2.57.